The topological polar surface area (TPSA) is 37.4 Å². The summed E-state index contributed by atoms with van der Waals surface area (Å²) in [5, 5.41) is 0.498. The molecule has 18 heavy (non-hydrogen) atoms. The van der Waals surface area contributed by atoms with E-state index in [4.69, 9.17) is 11.6 Å². The third kappa shape index (κ3) is 3.47. The van der Waals surface area contributed by atoms with E-state index in [1.54, 1.807) is 13.1 Å². The van der Waals surface area contributed by atoms with E-state index in [0.717, 1.165) is 12.8 Å². The molecule has 0 fully saturated rings. The smallest absolute Gasteiger partial charge is 0.207 e. The molecule has 0 amide bonds. The number of rotatable bonds is 5. The van der Waals surface area contributed by atoms with Crippen LogP contribution in [-0.2, 0) is 10.0 Å². The van der Waals surface area contributed by atoms with Crippen LogP contribution in [0.5, 0.6) is 0 Å². The maximum atomic E-state index is 12.4. The van der Waals surface area contributed by atoms with Crippen LogP contribution >= 0.6 is 27.5 Å². The number of hydrogen-bond donors (Lipinski definition) is 0. The van der Waals surface area contributed by atoms with Crippen molar-refractivity contribution >= 4 is 37.6 Å². The third-order valence-electron chi connectivity index (χ3n) is 2.90. The van der Waals surface area contributed by atoms with Crippen LogP contribution in [0.3, 0.4) is 0 Å². The van der Waals surface area contributed by atoms with Crippen molar-refractivity contribution in [2.24, 2.45) is 0 Å². The molecule has 0 heterocycles. The van der Waals surface area contributed by atoms with Crippen molar-refractivity contribution in [3.63, 3.8) is 0 Å². The predicted molar refractivity (Wildman–Crippen MR) is 78.5 cm³/mol. The normalized spacial score (nSPS) is 13.9. The molecule has 0 N–H and O–H groups in total. The molecular formula is C12H17BrClNO2S. The minimum Gasteiger partial charge on any atom is -0.207 e. The number of halogens is 2. The summed E-state index contributed by atoms with van der Waals surface area (Å²) in [6, 6.07) is 4.62. The molecule has 1 rings (SSSR count). The molecule has 0 spiro atoms. The van der Waals surface area contributed by atoms with Gasteiger partial charge in [0.25, 0.3) is 0 Å². The Morgan fingerprint density at radius 1 is 1.44 bits per heavy atom. The fourth-order valence-electron chi connectivity index (χ4n) is 1.64. The van der Waals surface area contributed by atoms with Crippen LogP contribution in [0.15, 0.2) is 27.6 Å². The van der Waals surface area contributed by atoms with Gasteiger partial charge in [0.1, 0.15) is 0 Å². The lowest BCUT2D eigenvalue weighted by Crippen LogP contribution is -2.34. The summed E-state index contributed by atoms with van der Waals surface area (Å²) in [6.07, 6.45) is 1.79. The Kier molecular flexibility index (Phi) is 5.65. The number of benzene rings is 1. The van der Waals surface area contributed by atoms with Crippen LogP contribution in [0.4, 0.5) is 0 Å². The number of nitrogens with zero attached hydrogens (tertiary/aromatic N) is 1. The lowest BCUT2D eigenvalue weighted by molar-refractivity contribution is 0.368. The summed E-state index contributed by atoms with van der Waals surface area (Å²) in [4.78, 5) is 0.254. The van der Waals surface area contributed by atoms with Gasteiger partial charge in [-0.2, -0.15) is 4.31 Å². The first-order chi connectivity index (χ1) is 8.30. The van der Waals surface area contributed by atoms with Gasteiger partial charge in [0.2, 0.25) is 10.0 Å². The Morgan fingerprint density at radius 2 is 2.06 bits per heavy atom. The molecule has 102 valence electrons. The molecule has 6 heteroatoms. The minimum absolute atomic E-state index is 0.0190. The van der Waals surface area contributed by atoms with E-state index >= 15 is 0 Å². The van der Waals surface area contributed by atoms with Crippen LogP contribution in [-0.4, -0.2) is 25.8 Å². The van der Waals surface area contributed by atoms with Crippen molar-refractivity contribution in [2.45, 2.75) is 37.6 Å². The van der Waals surface area contributed by atoms with Crippen molar-refractivity contribution in [1.29, 1.82) is 0 Å². The van der Waals surface area contributed by atoms with E-state index in [1.807, 2.05) is 13.8 Å². The van der Waals surface area contributed by atoms with Gasteiger partial charge in [-0.25, -0.2) is 8.42 Å². The molecule has 0 saturated carbocycles. The molecule has 0 aromatic heterocycles. The number of hydrogen-bond acceptors (Lipinski definition) is 2. The van der Waals surface area contributed by atoms with Crippen LogP contribution in [0.1, 0.15) is 26.7 Å². The van der Waals surface area contributed by atoms with Gasteiger partial charge in [-0.1, -0.05) is 24.9 Å². The van der Waals surface area contributed by atoms with Crippen LogP contribution in [0.25, 0.3) is 0 Å². The number of sulfonamides is 1. The van der Waals surface area contributed by atoms with Gasteiger partial charge >= 0.3 is 0 Å². The molecule has 1 aromatic rings. The van der Waals surface area contributed by atoms with Crippen molar-refractivity contribution in [1.82, 2.24) is 4.31 Å². The van der Waals surface area contributed by atoms with Gasteiger partial charge in [-0.3, -0.25) is 0 Å². The van der Waals surface area contributed by atoms with E-state index in [-0.39, 0.29) is 10.9 Å². The first-order valence-electron chi connectivity index (χ1n) is 5.73. The molecule has 1 aromatic carbocycles. The van der Waals surface area contributed by atoms with Crippen LogP contribution < -0.4 is 0 Å². The largest absolute Gasteiger partial charge is 0.243 e. The van der Waals surface area contributed by atoms with Crippen LogP contribution in [0, 0.1) is 0 Å². The predicted octanol–water partition coefficient (Wildman–Crippen LogP) is 3.91. The molecule has 1 atom stereocenters. The molecule has 0 aliphatic rings. The van der Waals surface area contributed by atoms with Crippen molar-refractivity contribution in [3.05, 3.63) is 27.7 Å². The molecule has 0 aliphatic heterocycles. The minimum atomic E-state index is -3.45. The Balaban J connectivity index is 3.09. The highest BCUT2D eigenvalue weighted by atomic mass is 79.9. The summed E-state index contributed by atoms with van der Waals surface area (Å²) >= 11 is 9.11. The SMILES string of the molecule is CCCC(C)N(C)S(=O)(=O)c1ccc(Cl)c(Br)c1. The van der Waals surface area contributed by atoms with Crippen molar-refractivity contribution < 1.29 is 8.42 Å². The second-order valence-corrected chi connectivity index (χ2v) is 7.49. The average Bonchev–Trinajstić information content (AvgIpc) is 2.31. The summed E-state index contributed by atoms with van der Waals surface area (Å²) in [7, 11) is -1.85. The highest BCUT2D eigenvalue weighted by molar-refractivity contribution is 9.10. The molecule has 0 saturated heterocycles. The fraction of sp³-hybridized carbons (Fsp3) is 0.500. The second kappa shape index (κ2) is 6.37. The molecule has 0 bridgehead atoms. The third-order valence-corrected chi connectivity index (χ3v) is 6.08. The Morgan fingerprint density at radius 3 is 2.56 bits per heavy atom. The zero-order chi connectivity index (χ0) is 13.9. The monoisotopic (exact) mass is 353 g/mol. The maximum Gasteiger partial charge on any atom is 0.243 e. The maximum absolute atomic E-state index is 12.4. The van der Waals surface area contributed by atoms with Crippen LogP contribution in [0.2, 0.25) is 5.02 Å². The summed E-state index contributed by atoms with van der Waals surface area (Å²) in [6.45, 7) is 3.95. The lowest BCUT2D eigenvalue weighted by Gasteiger charge is -2.24. The van der Waals surface area contributed by atoms with Gasteiger partial charge in [-0.15, -0.1) is 0 Å². The van der Waals surface area contributed by atoms with Gasteiger partial charge in [0, 0.05) is 17.6 Å². The molecule has 1 unspecified atom stereocenters. The Labute approximate surface area is 122 Å². The fourth-order valence-corrected chi connectivity index (χ4v) is 3.71. The molecule has 0 aliphatic carbocycles. The van der Waals surface area contributed by atoms with Crippen molar-refractivity contribution in [3.8, 4) is 0 Å². The zero-order valence-corrected chi connectivity index (χ0v) is 13.8. The highest BCUT2D eigenvalue weighted by Gasteiger charge is 2.25. The van der Waals surface area contributed by atoms with E-state index in [9.17, 15) is 8.42 Å². The highest BCUT2D eigenvalue weighted by Crippen LogP contribution is 2.27. The quantitative estimate of drug-likeness (QED) is 0.804. The molecule has 3 nitrogen and oxygen atoms in total. The Bertz CT molecular complexity index is 519. The van der Waals surface area contributed by atoms with E-state index in [0.29, 0.717) is 9.50 Å². The van der Waals surface area contributed by atoms with Gasteiger partial charge < -0.3 is 0 Å². The first-order valence-corrected chi connectivity index (χ1v) is 8.35. The van der Waals surface area contributed by atoms with E-state index in [1.165, 1.54) is 16.4 Å². The van der Waals surface area contributed by atoms with Gasteiger partial charge in [0.15, 0.2) is 0 Å². The zero-order valence-electron chi connectivity index (χ0n) is 10.7. The lowest BCUT2D eigenvalue weighted by atomic mass is 10.2. The van der Waals surface area contributed by atoms with Gasteiger partial charge in [0.05, 0.1) is 9.92 Å². The van der Waals surface area contributed by atoms with E-state index < -0.39 is 10.0 Å². The standard InChI is InChI=1S/C12H17BrClNO2S/c1-4-5-9(2)15(3)18(16,17)10-6-7-12(14)11(13)8-10/h6-9H,4-5H2,1-3H3. The first kappa shape index (κ1) is 16.0. The summed E-state index contributed by atoms with van der Waals surface area (Å²) in [5.41, 5.74) is 0. The molecule has 0 radical (unpaired) electrons. The van der Waals surface area contributed by atoms with Gasteiger partial charge in [-0.05, 0) is 47.5 Å². The molecular weight excluding hydrogens is 338 g/mol. The van der Waals surface area contributed by atoms with E-state index in [2.05, 4.69) is 15.9 Å². The summed E-state index contributed by atoms with van der Waals surface area (Å²) < 4.78 is 26.7. The average molecular weight is 355 g/mol. The second-order valence-electron chi connectivity index (χ2n) is 4.23. The van der Waals surface area contributed by atoms with Crippen molar-refractivity contribution in [2.75, 3.05) is 7.05 Å². The summed E-state index contributed by atoms with van der Waals surface area (Å²) in [5.74, 6) is 0. The Hall–Kier alpha value is -0.100.